The van der Waals surface area contributed by atoms with Gasteiger partial charge in [0.2, 0.25) is 0 Å². The molecular weight excluding hydrogens is 254 g/mol. The molecule has 0 fully saturated rings. The summed E-state index contributed by atoms with van der Waals surface area (Å²) in [4.78, 5) is 1.42. The number of hydrogen-bond donors (Lipinski definition) is 2. The van der Waals surface area contributed by atoms with Crippen LogP contribution in [0.2, 0.25) is 0 Å². The van der Waals surface area contributed by atoms with Crippen LogP contribution in [0.3, 0.4) is 0 Å². The number of methoxy groups -OCH3 is 1. The largest absolute Gasteiger partial charge is 0.496 e. The Kier molecular flexibility index (Phi) is 5.98. The molecule has 0 bridgehead atoms. The van der Waals surface area contributed by atoms with Crippen LogP contribution in [0.25, 0.3) is 0 Å². The quantitative estimate of drug-likeness (QED) is 0.795. The second-order valence-electron chi connectivity index (χ2n) is 4.24. The molecule has 1 aromatic rings. The summed E-state index contributed by atoms with van der Waals surface area (Å²) in [5.74, 6) is 0.560. The van der Waals surface area contributed by atoms with Gasteiger partial charge in [-0.25, -0.2) is 8.78 Å². The van der Waals surface area contributed by atoms with E-state index in [1.807, 2.05) is 0 Å². The molecule has 1 unspecified atom stereocenters. The average Bonchev–Trinajstić information content (AvgIpc) is 2.36. The van der Waals surface area contributed by atoms with Gasteiger partial charge >= 0.3 is 0 Å². The van der Waals surface area contributed by atoms with Crippen molar-refractivity contribution in [3.8, 4) is 5.75 Å². The SMILES string of the molecule is COc1cccc(N(CCO)CC(F)F)c1C(C)N. The van der Waals surface area contributed by atoms with E-state index in [-0.39, 0.29) is 19.2 Å². The zero-order chi connectivity index (χ0) is 14.4. The lowest BCUT2D eigenvalue weighted by molar-refractivity contribution is 0.152. The van der Waals surface area contributed by atoms with Gasteiger partial charge in [0.05, 0.1) is 20.3 Å². The predicted molar refractivity (Wildman–Crippen MR) is 70.9 cm³/mol. The molecular formula is C13H20F2N2O2. The van der Waals surface area contributed by atoms with Crippen LogP contribution < -0.4 is 15.4 Å². The molecule has 108 valence electrons. The van der Waals surface area contributed by atoms with Crippen molar-refractivity contribution in [1.29, 1.82) is 0 Å². The minimum atomic E-state index is -2.49. The van der Waals surface area contributed by atoms with E-state index in [9.17, 15) is 8.78 Å². The highest BCUT2D eigenvalue weighted by Gasteiger charge is 2.20. The summed E-state index contributed by atoms with van der Waals surface area (Å²) in [6.07, 6.45) is -2.49. The Labute approximate surface area is 111 Å². The van der Waals surface area contributed by atoms with E-state index in [1.165, 1.54) is 12.0 Å². The standard InChI is InChI=1S/C13H20F2N2O2/c1-9(16)13-10(4-3-5-11(13)19-2)17(6-7-18)8-12(14)15/h3-5,9,12,18H,6-8,16H2,1-2H3. The maximum atomic E-state index is 12.6. The van der Waals surface area contributed by atoms with Crippen molar-refractivity contribution in [3.63, 3.8) is 0 Å². The summed E-state index contributed by atoms with van der Waals surface area (Å²) in [5, 5.41) is 9.02. The third kappa shape index (κ3) is 4.04. The Morgan fingerprint density at radius 1 is 1.42 bits per heavy atom. The maximum Gasteiger partial charge on any atom is 0.255 e. The number of ether oxygens (including phenoxy) is 1. The number of aliphatic hydroxyl groups is 1. The van der Waals surface area contributed by atoms with Crippen LogP contribution in [0.4, 0.5) is 14.5 Å². The Bertz CT molecular complexity index is 400. The van der Waals surface area contributed by atoms with Gasteiger partial charge in [0.25, 0.3) is 6.43 Å². The summed E-state index contributed by atoms with van der Waals surface area (Å²) in [6.45, 7) is 1.23. The molecule has 0 saturated carbocycles. The zero-order valence-electron chi connectivity index (χ0n) is 11.1. The first-order valence-electron chi connectivity index (χ1n) is 6.07. The summed E-state index contributed by atoms with van der Waals surface area (Å²) in [6, 6.07) is 4.81. The van der Waals surface area contributed by atoms with Crippen LogP contribution in [-0.4, -0.2) is 38.3 Å². The van der Waals surface area contributed by atoms with E-state index < -0.39 is 13.0 Å². The van der Waals surface area contributed by atoms with Gasteiger partial charge in [-0.3, -0.25) is 0 Å². The fourth-order valence-corrected chi connectivity index (χ4v) is 2.04. The number of alkyl halides is 2. The smallest absolute Gasteiger partial charge is 0.255 e. The van der Waals surface area contributed by atoms with Crippen LogP contribution in [0.5, 0.6) is 5.75 Å². The average molecular weight is 274 g/mol. The van der Waals surface area contributed by atoms with Crippen LogP contribution in [0, 0.1) is 0 Å². The molecule has 0 amide bonds. The molecule has 0 radical (unpaired) electrons. The van der Waals surface area contributed by atoms with E-state index in [0.29, 0.717) is 17.0 Å². The fraction of sp³-hybridized carbons (Fsp3) is 0.538. The van der Waals surface area contributed by atoms with Gasteiger partial charge in [-0.2, -0.15) is 0 Å². The summed E-state index contributed by atoms with van der Waals surface area (Å²) < 4.78 is 30.5. The topological polar surface area (TPSA) is 58.7 Å². The van der Waals surface area contributed by atoms with Crippen molar-refractivity contribution in [2.45, 2.75) is 19.4 Å². The molecule has 0 heterocycles. The lowest BCUT2D eigenvalue weighted by Gasteiger charge is -2.28. The van der Waals surface area contributed by atoms with Crippen molar-refractivity contribution >= 4 is 5.69 Å². The second kappa shape index (κ2) is 7.25. The zero-order valence-corrected chi connectivity index (χ0v) is 11.1. The van der Waals surface area contributed by atoms with Gasteiger partial charge < -0.3 is 20.5 Å². The molecule has 1 aromatic carbocycles. The van der Waals surface area contributed by atoms with Gasteiger partial charge in [-0.1, -0.05) is 6.07 Å². The highest BCUT2D eigenvalue weighted by atomic mass is 19.3. The highest BCUT2D eigenvalue weighted by molar-refractivity contribution is 5.60. The number of anilines is 1. The van der Waals surface area contributed by atoms with Gasteiger partial charge in [0.15, 0.2) is 0 Å². The molecule has 19 heavy (non-hydrogen) atoms. The van der Waals surface area contributed by atoms with Gasteiger partial charge in [0.1, 0.15) is 5.75 Å². The monoisotopic (exact) mass is 274 g/mol. The molecule has 0 aliphatic carbocycles. The Balaban J connectivity index is 3.20. The molecule has 4 nitrogen and oxygen atoms in total. The first-order chi connectivity index (χ1) is 9.01. The van der Waals surface area contributed by atoms with E-state index >= 15 is 0 Å². The van der Waals surface area contributed by atoms with Crippen LogP contribution in [0.1, 0.15) is 18.5 Å². The Morgan fingerprint density at radius 2 is 2.11 bits per heavy atom. The van der Waals surface area contributed by atoms with Crippen molar-refractivity contribution in [2.75, 3.05) is 31.7 Å². The first-order valence-corrected chi connectivity index (χ1v) is 6.07. The molecule has 6 heteroatoms. The maximum absolute atomic E-state index is 12.6. The van der Waals surface area contributed by atoms with Crippen molar-refractivity contribution in [1.82, 2.24) is 0 Å². The third-order valence-electron chi connectivity index (χ3n) is 2.79. The molecule has 3 N–H and O–H groups in total. The Morgan fingerprint density at radius 3 is 2.58 bits per heavy atom. The number of rotatable bonds is 7. The van der Waals surface area contributed by atoms with Crippen molar-refractivity contribution in [3.05, 3.63) is 23.8 Å². The number of halogens is 2. The third-order valence-corrected chi connectivity index (χ3v) is 2.79. The molecule has 0 spiro atoms. The lowest BCUT2D eigenvalue weighted by Crippen LogP contribution is -2.33. The molecule has 0 aliphatic heterocycles. The number of nitrogens with two attached hydrogens (primary N) is 1. The van der Waals surface area contributed by atoms with Gasteiger partial charge in [-0.15, -0.1) is 0 Å². The minimum absolute atomic E-state index is 0.122. The van der Waals surface area contributed by atoms with Gasteiger partial charge in [-0.05, 0) is 19.1 Å². The summed E-state index contributed by atoms with van der Waals surface area (Å²) in [7, 11) is 1.51. The normalized spacial score (nSPS) is 12.6. The van der Waals surface area contributed by atoms with Crippen molar-refractivity contribution < 1.29 is 18.6 Å². The number of hydrogen-bond acceptors (Lipinski definition) is 4. The summed E-state index contributed by atoms with van der Waals surface area (Å²) >= 11 is 0. The van der Waals surface area contributed by atoms with Crippen molar-refractivity contribution in [2.24, 2.45) is 5.73 Å². The number of aliphatic hydroxyl groups excluding tert-OH is 1. The highest BCUT2D eigenvalue weighted by Crippen LogP contribution is 2.33. The fourth-order valence-electron chi connectivity index (χ4n) is 2.04. The second-order valence-corrected chi connectivity index (χ2v) is 4.24. The van der Waals surface area contributed by atoms with E-state index in [2.05, 4.69) is 0 Å². The van der Waals surface area contributed by atoms with Crippen LogP contribution in [-0.2, 0) is 0 Å². The minimum Gasteiger partial charge on any atom is -0.496 e. The van der Waals surface area contributed by atoms with Crippen LogP contribution >= 0.6 is 0 Å². The summed E-state index contributed by atoms with van der Waals surface area (Å²) in [5.41, 5.74) is 7.14. The molecule has 1 rings (SSSR count). The molecule has 0 aromatic heterocycles. The first kappa shape index (κ1) is 15.7. The van der Waals surface area contributed by atoms with E-state index in [1.54, 1.807) is 25.1 Å². The number of benzene rings is 1. The predicted octanol–water partition coefficient (Wildman–Crippen LogP) is 1.78. The van der Waals surface area contributed by atoms with E-state index in [4.69, 9.17) is 15.6 Å². The molecule has 0 aliphatic rings. The van der Waals surface area contributed by atoms with Crippen LogP contribution in [0.15, 0.2) is 18.2 Å². The molecule has 1 atom stereocenters. The molecule has 0 saturated heterocycles. The lowest BCUT2D eigenvalue weighted by atomic mass is 10.0. The van der Waals surface area contributed by atoms with Gasteiger partial charge in [0, 0.05) is 23.8 Å². The number of nitrogens with zero attached hydrogens (tertiary/aromatic N) is 1. The Hall–Kier alpha value is -1.40. The van der Waals surface area contributed by atoms with E-state index in [0.717, 1.165) is 0 Å².